The lowest BCUT2D eigenvalue weighted by Crippen LogP contribution is -2.38. The molecule has 0 unspecified atom stereocenters. The number of nitrogens with one attached hydrogen (secondary N) is 2. The Morgan fingerprint density at radius 1 is 1.42 bits per heavy atom. The van der Waals surface area contributed by atoms with Gasteiger partial charge in [-0.15, -0.1) is 0 Å². The molecule has 1 aromatic rings. The number of aromatic nitrogens is 2. The third kappa shape index (κ3) is 6.84. The van der Waals surface area contributed by atoms with Crippen molar-refractivity contribution < 1.29 is 0 Å². The zero-order valence-electron chi connectivity index (χ0n) is 12.6. The lowest BCUT2D eigenvalue weighted by molar-refractivity contribution is 0.654. The lowest BCUT2D eigenvalue weighted by atomic mass is 10.2. The van der Waals surface area contributed by atoms with Gasteiger partial charge in [0, 0.05) is 32.9 Å². The minimum absolute atomic E-state index is 0.589. The van der Waals surface area contributed by atoms with Crippen LogP contribution in [0.15, 0.2) is 17.4 Å². The molecule has 0 aliphatic heterocycles. The van der Waals surface area contributed by atoms with Crippen LogP contribution in [0.1, 0.15) is 32.8 Å². The molecular weight excluding hydrogens is 238 g/mol. The van der Waals surface area contributed by atoms with Gasteiger partial charge in [-0.25, -0.2) is 0 Å². The van der Waals surface area contributed by atoms with E-state index in [0.717, 1.165) is 38.4 Å². The van der Waals surface area contributed by atoms with Crippen LogP contribution < -0.4 is 10.6 Å². The van der Waals surface area contributed by atoms with Crippen molar-refractivity contribution in [2.24, 2.45) is 18.0 Å². The highest BCUT2D eigenvalue weighted by Crippen LogP contribution is 1.99. The van der Waals surface area contributed by atoms with E-state index in [1.54, 1.807) is 0 Å². The smallest absolute Gasteiger partial charge is 0.191 e. The van der Waals surface area contributed by atoms with Crippen LogP contribution in [-0.4, -0.2) is 35.4 Å². The van der Waals surface area contributed by atoms with Crippen molar-refractivity contribution >= 4 is 5.96 Å². The van der Waals surface area contributed by atoms with Crippen LogP contribution in [0.25, 0.3) is 0 Å². The first-order valence-corrected chi connectivity index (χ1v) is 7.11. The largest absolute Gasteiger partial charge is 0.357 e. The highest BCUT2D eigenvalue weighted by Gasteiger charge is 1.99. The molecule has 0 aliphatic carbocycles. The summed E-state index contributed by atoms with van der Waals surface area (Å²) < 4.78 is 1.84. The topological polar surface area (TPSA) is 54.2 Å². The van der Waals surface area contributed by atoms with Crippen molar-refractivity contribution in [3.63, 3.8) is 0 Å². The van der Waals surface area contributed by atoms with Crippen molar-refractivity contribution in [2.45, 2.75) is 33.6 Å². The number of aryl methyl sites for hydroxylation is 2. The SMILES string of the molecule is CCNC(=NCC(C)C)NCCCc1cnn(C)c1. The van der Waals surface area contributed by atoms with Gasteiger partial charge < -0.3 is 10.6 Å². The molecule has 1 aromatic heterocycles. The van der Waals surface area contributed by atoms with E-state index in [9.17, 15) is 0 Å². The Kier molecular flexibility index (Phi) is 7.00. The lowest BCUT2D eigenvalue weighted by Gasteiger charge is -2.11. The molecule has 1 heterocycles. The zero-order chi connectivity index (χ0) is 14.1. The van der Waals surface area contributed by atoms with Crippen molar-refractivity contribution in [2.75, 3.05) is 19.6 Å². The van der Waals surface area contributed by atoms with Crippen LogP contribution in [0, 0.1) is 5.92 Å². The zero-order valence-corrected chi connectivity index (χ0v) is 12.6. The van der Waals surface area contributed by atoms with Crippen LogP contribution in [0.3, 0.4) is 0 Å². The fourth-order valence-corrected chi connectivity index (χ4v) is 1.72. The van der Waals surface area contributed by atoms with E-state index >= 15 is 0 Å². The third-order valence-corrected chi connectivity index (χ3v) is 2.65. The monoisotopic (exact) mass is 265 g/mol. The van der Waals surface area contributed by atoms with Gasteiger partial charge in [0.2, 0.25) is 0 Å². The van der Waals surface area contributed by atoms with Crippen LogP contribution in [0.4, 0.5) is 0 Å². The molecule has 5 heteroatoms. The maximum atomic E-state index is 4.54. The van der Waals surface area contributed by atoms with Gasteiger partial charge in [-0.2, -0.15) is 5.10 Å². The molecule has 0 radical (unpaired) electrons. The maximum Gasteiger partial charge on any atom is 0.191 e. The number of hydrogen-bond donors (Lipinski definition) is 2. The number of aliphatic imine (C=N–C) groups is 1. The van der Waals surface area contributed by atoms with Crippen LogP contribution >= 0.6 is 0 Å². The molecule has 0 aliphatic rings. The molecule has 19 heavy (non-hydrogen) atoms. The van der Waals surface area contributed by atoms with Crippen LogP contribution in [0.2, 0.25) is 0 Å². The van der Waals surface area contributed by atoms with E-state index in [-0.39, 0.29) is 0 Å². The predicted octanol–water partition coefficient (Wildman–Crippen LogP) is 1.56. The molecule has 0 fully saturated rings. The van der Waals surface area contributed by atoms with Gasteiger partial charge in [-0.05, 0) is 31.2 Å². The minimum atomic E-state index is 0.589. The molecule has 0 atom stereocenters. The molecule has 0 saturated heterocycles. The molecule has 108 valence electrons. The van der Waals surface area contributed by atoms with Gasteiger partial charge in [0.25, 0.3) is 0 Å². The minimum Gasteiger partial charge on any atom is -0.357 e. The molecule has 0 spiro atoms. The highest BCUT2D eigenvalue weighted by molar-refractivity contribution is 5.79. The number of hydrogen-bond acceptors (Lipinski definition) is 2. The quantitative estimate of drug-likeness (QED) is 0.447. The Labute approximate surface area is 116 Å². The summed E-state index contributed by atoms with van der Waals surface area (Å²) in [5.41, 5.74) is 1.29. The van der Waals surface area contributed by atoms with Crippen molar-refractivity contribution in [1.82, 2.24) is 20.4 Å². The molecule has 0 amide bonds. The molecule has 1 rings (SSSR count). The Balaban J connectivity index is 2.26. The summed E-state index contributed by atoms with van der Waals surface area (Å²) in [5.74, 6) is 1.51. The average Bonchev–Trinajstić information content (AvgIpc) is 2.77. The van der Waals surface area contributed by atoms with E-state index < -0.39 is 0 Å². The number of nitrogens with zero attached hydrogens (tertiary/aromatic N) is 3. The predicted molar refractivity (Wildman–Crippen MR) is 80.3 cm³/mol. The maximum absolute atomic E-state index is 4.54. The van der Waals surface area contributed by atoms with Gasteiger partial charge in [0.05, 0.1) is 6.20 Å². The summed E-state index contributed by atoms with van der Waals surface area (Å²) in [4.78, 5) is 4.54. The number of rotatable bonds is 7. The summed E-state index contributed by atoms with van der Waals surface area (Å²) >= 11 is 0. The highest BCUT2D eigenvalue weighted by atomic mass is 15.2. The van der Waals surface area contributed by atoms with Crippen molar-refractivity contribution in [3.05, 3.63) is 18.0 Å². The van der Waals surface area contributed by atoms with Gasteiger partial charge in [0.1, 0.15) is 0 Å². The van der Waals surface area contributed by atoms with Crippen molar-refractivity contribution in [3.8, 4) is 0 Å². The molecule has 0 aromatic carbocycles. The molecule has 5 nitrogen and oxygen atoms in total. The van der Waals surface area contributed by atoms with Gasteiger partial charge in [-0.3, -0.25) is 9.67 Å². The summed E-state index contributed by atoms with van der Waals surface area (Å²) in [6.45, 7) is 9.12. The second kappa shape index (κ2) is 8.56. The van der Waals surface area contributed by atoms with Crippen molar-refractivity contribution in [1.29, 1.82) is 0 Å². The van der Waals surface area contributed by atoms with E-state index in [0.29, 0.717) is 5.92 Å². The van der Waals surface area contributed by atoms with E-state index in [1.807, 2.05) is 17.9 Å². The van der Waals surface area contributed by atoms with Crippen LogP contribution in [0.5, 0.6) is 0 Å². The first-order chi connectivity index (χ1) is 9.11. The summed E-state index contributed by atoms with van der Waals surface area (Å²) in [6.07, 6.45) is 6.12. The average molecular weight is 265 g/mol. The summed E-state index contributed by atoms with van der Waals surface area (Å²) in [5, 5.41) is 10.8. The van der Waals surface area contributed by atoms with Gasteiger partial charge in [0.15, 0.2) is 5.96 Å². The fraction of sp³-hybridized carbons (Fsp3) is 0.714. The van der Waals surface area contributed by atoms with E-state index in [2.05, 4.69) is 47.7 Å². The molecule has 2 N–H and O–H groups in total. The van der Waals surface area contributed by atoms with Crippen LogP contribution in [-0.2, 0) is 13.5 Å². The Bertz CT molecular complexity index is 381. The Hall–Kier alpha value is -1.52. The fourth-order valence-electron chi connectivity index (χ4n) is 1.72. The third-order valence-electron chi connectivity index (χ3n) is 2.65. The van der Waals surface area contributed by atoms with E-state index in [1.165, 1.54) is 5.56 Å². The Morgan fingerprint density at radius 2 is 2.21 bits per heavy atom. The first kappa shape index (κ1) is 15.5. The molecule has 0 bridgehead atoms. The Morgan fingerprint density at radius 3 is 2.79 bits per heavy atom. The standard InChI is InChI=1S/C14H27N5/c1-5-15-14(17-9-12(2)3)16-8-6-7-13-10-18-19(4)11-13/h10-12H,5-9H2,1-4H3,(H2,15,16,17). The van der Waals surface area contributed by atoms with Gasteiger partial charge >= 0.3 is 0 Å². The first-order valence-electron chi connectivity index (χ1n) is 7.11. The molecular formula is C14H27N5. The summed E-state index contributed by atoms with van der Waals surface area (Å²) in [6, 6.07) is 0. The second-order valence-electron chi connectivity index (χ2n) is 5.17. The normalized spacial score (nSPS) is 11.9. The van der Waals surface area contributed by atoms with E-state index in [4.69, 9.17) is 0 Å². The number of guanidine groups is 1. The van der Waals surface area contributed by atoms with Gasteiger partial charge in [-0.1, -0.05) is 13.8 Å². The second-order valence-corrected chi connectivity index (χ2v) is 5.17. The summed E-state index contributed by atoms with van der Waals surface area (Å²) in [7, 11) is 1.95. The molecule has 0 saturated carbocycles.